The Kier molecular flexibility index (Phi) is 5.18. The average Bonchev–Trinajstić information content (AvgIpc) is 3.08. The maximum absolute atomic E-state index is 12.1. The minimum absolute atomic E-state index is 0.126. The van der Waals surface area contributed by atoms with Crippen molar-refractivity contribution in [2.45, 2.75) is 35.6 Å². The van der Waals surface area contributed by atoms with Gasteiger partial charge in [0.05, 0.1) is 7.11 Å². The topological polar surface area (TPSA) is 64.1 Å². The minimum atomic E-state index is -0.490. The van der Waals surface area contributed by atoms with Gasteiger partial charge in [0.2, 0.25) is 0 Å². The number of rotatable bonds is 6. The SMILES string of the molecule is CNC1(C(=O)OC)CCCC1CCSc1ncns1. The average molecular weight is 301 g/mol. The van der Waals surface area contributed by atoms with E-state index in [4.69, 9.17) is 4.74 Å². The second kappa shape index (κ2) is 6.67. The van der Waals surface area contributed by atoms with Crippen molar-refractivity contribution < 1.29 is 9.53 Å². The molecule has 0 aliphatic heterocycles. The van der Waals surface area contributed by atoms with E-state index >= 15 is 0 Å². The summed E-state index contributed by atoms with van der Waals surface area (Å²) in [6.45, 7) is 0. The Balaban J connectivity index is 1.92. The molecular formula is C12H19N3O2S2. The molecule has 7 heteroatoms. The van der Waals surface area contributed by atoms with Gasteiger partial charge in [0.25, 0.3) is 0 Å². The van der Waals surface area contributed by atoms with E-state index in [-0.39, 0.29) is 5.97 Å². The lowest BCUT2D eigenvalue weighted by Gasteiger charge is -2.32. The summed E-state index contributed by atoms with van der Waals surface area (Å²) in [4.78, 5) is 16.2. The fourth-order valence-corrected chi connectivity index (χ4v) is 4.43. The third-order valence-electron chi connectivity index (χ3n) is 3.85. The van der Waals surface area contributed by atoms with Gasteiger partial charge in [-0.1, -0.05) is 18.2 Å². The smallest absolute Gasteiger partial charge is 0.326 e. The highest BCUT2D eigenvalue weighted by molar-refractivity contribution is 8.00. The van der Waals surface area contributed by atoms with Crippen LogP contribution in [-0.2, 0) is 9.53 Å². The maximum Gasteiger partial charge on any atom is 0.326 e. The summed E-state index contributed by atoms with van der Waals surface area (Å²) in [5, 5.41) is 3.21. The van der Waals surface area contributed by atoms with E-state index in [1.54, 1.807) is 18.1 Å². The molecule has 0 spiro atoms. The molecule has 1 heterocycles. The van der Waals surface area contributed by atoms with Gasteiger partial charge in [-0.05, 0) is 43.8 Å². The van der Waals surface area contributed by atoms with E-state index in [1.165, 1.54) is 18.6 Å². The van der Waals surface area contributed by atoms with Crippen LogP contribution in [0.3, 0.4) is 0 Å². The van der Waals surface area contributed by atoms with Gasteiger partial charge in [-0.25, -0.2) is 4.98 Å². The van der Waals surface area contributed by atoms with Crippen molar-refractivity contribution in [1.82, 2.24) is 14.7 Å². The number of nitrogens with zero attached hydrogens (tertiary/aromatic N) is 2. The second-order valence-corrected chi connectivity index (χ2v) is 6.77. The lowest BCUT2D eigenvalue weighted by atomic mass is 9.85. The first-order chi connectivity index (χ1) is 9.23. The first-order valence-electron chi connectivity index (χ1n) is 6.39. The number of likely N-dealkylation sites (N-methyl/N-ethyl adjacent to an activating group) is 1. The number of carbonyl (C=O) groups is 1. The number of hydrogen-bond acceptors (Lipinski definition) is 7. The van der Waals surface area contributed by atoms with E-state index in [1.807, 2.05) is 7.05 Å². The van der Waals surface area contributed by atoms with E-state index in [0.29, 0.717) is 5.92 Å². The fourth-order valence-electron chi connectivity index (χ4n) is 2.87. The highest BCUT2D eigenvalue weighted by atomic mass is 32.2. The third kappa shape index (κ3) is 3.09. The zero-order chi connectivity index (χ0) is 13.7. The normalized spacial score (nSPS) is 26.5. The van der Waals surface area contributed by atoms with Crippen molar-refractivity contribution in [3.8, 4) is 0 Å². The largest absolute Gasteiger partial charge is 0.468 e. The number of methoxy groups -OCH3 is 1. The van der Waals surface area contributed by atoms with Gasteiger partial charge < -0.3 is 10.1 Å². The van der Waals surface area contributed by atoms with E-state index < -0.39 is 5.54 Å². The van der Waals surface area contributed by atoms with Crippen LogP contribution < -0.4 is 5.32 Å². The molecule has 0 saturated heterocycles. The van der Waals surface area contributed by atoms with Gasteiger partial charge in [0, 0.05) is 5.75 Å². The Morgan fingerprint density at radius 1 is 1.74 bits per heavy atom. The molecule has 1 saturated carbocycles. The molecule has 0 bridgehead atoms. The highest BCUT2D eigenvalue weighted by Gasteiger charge is 2.48. The molecule has 1 fully saturated rings. The molecule has 2 rings (SSSR count). The summed E-state index contributed by atoms with van der Waals surface area (Å²) < 4.78 is 9.96. The lowest BCUT2D eigenvalue weighted by Crippen LogP contribution is -2.53. The van der Waals surface area contributed by atoms with Crippen LogP contribution in [-0.4, -0.2) is 40.8 Å². The van der Waals surface area contributed by atoms with Gasteiger partial charge in [-0.3, -0.25) is 4.79 Å². The molecule has 106 valence electrons. The van der Waals surface area contributed by atoms with Crippen LogP contribution in [0.5, 0.6) is 0 Å². The molecule has 5 nitrogen and oxygen atoms in total. The Morgan fingerprint density at radius 3 is 3.21 bits per heavy atom. The van der Waals surface area contributed by atoms with Crippen LogP contribution >= 0.6 is 23.3 Å². The van der Waals surface area contributed by atoms with E-state index in [2.05, 4.69) is 14.7 Å². The molecular weight excluding hydrogens is 282 g/mol. The summed E-state index contributed by atoms with van der Waals surface area (Å²) in [6.07, 6.45) is 5.58. The summed E-state index contributed by atoms with van der Waals surface area (Å²) >= 11 is 3.13. The fraction of sp³-hybridized carbons (Fsp3) is 0.750. The van der Waals surface area contributed by atoms with Gasteiger partial charge in [-0.2, -0.15) is 4.37 Å². The molecule has 0 amide bonds. The van der Waals surface area contributed by atoms with Gasteiger partial charge in [0.1, 0.15) is 11.9 Å². The van der Waals surface area contributed by atoms with Crippen LogP contribution in [0.4, 0.5) is 0 Å². The van der Waals surface area contributed by atoms with Crippen LogP contribution in [0.1, 0.15) is 25.7 Å². The van der Waals surface area contributed by atoms with Gasteiger partial charge in [0.15, 0.2) is 4.34 Å². The van der Waals surface area contributed by atoms with Crippen molar-refractivity contribution in [3.63, 3.8) is 0 Å². The number of aromatic nitrogens is 2. The molecule has 1 aromatic rings. The molecule has 1 aliphatic rings. The molecule has 1 aliphatic carbocycles. The van der Waals surface area contributed by atoms with Crippen molar-refractivity contribution in [3.05, 3.63) is 6.33 Å². The highest BCUT2D eigenvalue weighted by Crippen LogP contribution is 2.39. The van der Waals surface area contributed by atoms with Crippen LogP contribution in [0.15, 0.2) is 10.7 Å². The Hall–Kier alpha value is -0.660. The number of nitrogens with one attached hydrogen (secondary N) is 1. The van der Waals surface area contributed by atoms with E-state index in [9.17, 15) is 4.79 Å². The van der Waals surface area contributed by atoms with Crippen molar-refractivity contribution >= 4 is 29.3 Å². The number of esters is 1. The minimum Gasteiger partial charge on any atom is -0.468 e. The number of carbonyl (C=O) groups excluding carboxylic acids is 1. The zero-order valence-corrected chi connectivity index (χ0v) is 12.9. The summed E-state index contributed by atoms with van der Waals surface area (Å²) in [5.74, 6) is 1.17. The van der Waals surface area contributed by atoms with Crippen LogP contribution in [0, 0.1) is 5.92 Å². The molecule has 2 unspecified atom stereocenters. The lowest BCUT2D eigenvalue weighted by molar-refractivity contribution is -0.150. The van der Waals surface area contributed by atoms with Crippen molar-refractivity contribution in [1.29, 1.82) is 0 Å². The zero-order valence-electron chi connectivity index (χ0n) is 11.2. The molecule has 0 radical (unpaired) electrons. The third-order valence-corrected chi connectivity index (χ3v) is 5.68. The molecule has 2 atom stereocenters. The molecule has 1 aromatic heterocycles. The number of thioether (sulfide) groups is 1. The van der Waals surface area contributed by atoms with Crippen LogP contribution in [0.2, 0.25) is 0 Å². The van der Waals surface area contributed by atoms with Gasteiger partial charge >= 0.3 is 5.97 Å². The molecule has 19 heavy (non-hydrogen) atoms. The first kappa shape index (κ1) is 14.7. The summed E-state index contributed by atoms with van der Waals surface area (Å²) in [6, 6.07) is 0. The van der Waals surface area contributed by atoms with Gasteiger partial charge in [-0.15, -0.1) is 0 Å². The number of hydrogen-bond donors (Lipinski definition) is 1. The Bertz CT molecular complexity index is 413. The molecule has 1 N–H and O–H groups in total. The quantitative estimate of drug-likeness (QED) is 0.640. The predicted octanol–water partition coefficient (Wildman–Crippen LogP) is 1.95. The predicted molar refractivity (Wildman–Crippen MR) is 76.4 cm³/mol. The Labute approximate surface area is 121 Å². The van der Waals surface area contributed by atoms with Crippen molar-refractivity contribution in [2.75, 3.05) is 19.9 Å². The second-order valence-electron chi connectivity index (χ2n) is 4.65. The maximum atomic E-state index is 12.1. The molecule has 0 aromatic carbocycles. The standard InChI is InChI=1S/C12H19N3O2S2/c1-13-12(10(16)17-2)6-3-4-9(12)5-7-18-11-14-8-15-19-11/h8-9,13H,3-7H2,1-2H3. The summed E-state index contributed by atoms with van der Waals surface area (Å²) in [7, 11) is 3.32. The monoisotopic (exact) mass is 301 g/mol. The summed E-state index contributed by atoms with van der Waals surface area (Å²) in [5.41, 5.74) is -0.490. The first-order valence-corrected chi connectivity index (χ1v) is 8.15. The van der Waals surface area contributed by atoms with Crippen LogP contribution in [0.25, 0.3) is 0 Å². The van der Waals surface area contributed by atoms with E-state index in [0.717, 1.165) is 35.8 Å². The Morgan fingerprint density at radius 2 is 2.58 bits per heavy atom. The van der Waals surface area contributed by atoms with Crippen molar-refractivity contribution in [2.24, 2.45) is 5.92 Å². The number of ether oxygens (including phenoxy) is 1.